The van der Waals surface area contributed by atoms with E-state index in [2.05, 4.69) is 24.5 Å². The molecule has 0 radical (unpaired) electrons. The summed E-state index contributed by atoms with van der Waals surface area (Å²) in [6.45, 7) is 5.58. The highest BCUT2D eigenvalue weighted by molar-refractivity contribution is 6.02. The normalized spacial score (nSPS) is 19.4. The molecule has 1 fully saturated rings. The number of carbonyl (C=O) groups excluding carboxylic acids is 1. The molecule has 2 amide bonds. The van der Waals surface area contributed by atoms with Crippen LogP contribution in [0.5, 0.6) is 0 Å². The molecule has 7 nitrogen and oxygen atoms in total. The standard InChI is InChI=1S/C24H29F3N4O3/c1-14-9-15(2)13-31(12-14)21-8-3-16(19(11-22(32)33)24(25,26)27)10-20(21)30-23(34)29-18-6-4-17(28)5-7-18/h3-8,10,14-15,19H,9,11-13,28H2,1-2H3,(H,32,33)(H2,29,30,34). The fourth-order valence-corrected chi connectivity index (χ4v) is 4.45. The summed E-state index contributed by atoms with van der Waals surface area (Å²) in [5.41, 5.74) is 7.19. The summed E-state index contributed by atoms with van der Waals surface area (Å²) >= 11 is 0. The molecule has 2 aromatic rings. The molecule has 3 unspecified atom stereocenters. The van der Waals surface area contributed by atoms with Gasteiger partial charge in [-0.15, -0.1) is 0 Å². The second kappa shape index (κ2) is 10.2. The Labute approximate surface area is 196 Å². The lowest BCUT2D eigenvalue weighted by atomic mass is 9.90. The second-order valence-electron chi connectivity index (χ2n) is 9.02. The summed E-state index contributed by atoms with van der Waals surface area (Å²) in [5, 5.41) is 14.3. The number of urea groups is 1. The Balaban J connectivity index is 1.95. The summed E-state index contributed by atoms with van der Waals surface area (Å²) in [5.74, 6) is -3.01. The molecule has 3 rings (SSSR count). The molecule has 0 aromatic heterocycles. The number of hydrogen-bond donors (Lipinski definition) is 4. The average Bonchev–Trinajstić information content (AvgIpc) is 2.72. The zero-order valence-electron chi connectivity index (χ0n) is 19.0. The molecular formula is C24H29F3N4O3. The third kappa shape index (κ3) is 6.55. The number of aliphatic carboxylic acids is 1. The summed E-state index contributed by atoms with van der Waals surface area (Å²) in [7, 11) is 0. The van der Waals surface area contributed by atoms with Crippen LogP contribution >= 0.6 is 0 Å². The van der Waals surface area contributed by atoms with Crippen LogP contribution in [0.2, 0.25) is 0 Å². The number of halogens is 3. The monoisotopic (exact) mass is 478 g/mol. The minimum absolute atomic E-state index is 0.186. The van der Waals surface area contributed by atoms with Crippen LogP contribution < -0.4 is 21.3 Å². The van der Waals surface area contributed by atoms with E-state index in [4.69, 9.17) is 10.8 Å². The first kappa shape index (κ1) is 25.2. The van der Waals surface area contributed by atoms with Crippen LogP contribution in [0.1, 0.15) is 38.2 Å². The number of alkyl halides is 3. The first-order valence-corrected chi connectivity index (χ1v) is 11.0. The van der Waals surface area contributed by atoms with E-state index in [-0.39, 0.29) is 11.3 Å². The Morgan fingerprint density at radius 3 is 2.26 bits per heavy atom. The predicted molar refractivity (Wildman–Crippen MR) is 126 cm³/mol. The second-order valence-corrected chi connectivity index (χ2v) is 9.02. The van der Waals surface area contributed by atoms with Crippen molar-refractivity contribution < 1.29 is 27.9 Å². The molecule has 0 bridgehead atoms. The zero-order valence-corrected chi connectivity index (χ0v) is 19.0. The number of nitrogens with one attached hydrogen (secondary N) is 2. The molecule has 184 valence electrons. The van der Waals surface area contributed by atoms with E-state index >= 15 is 0 Å². The molecule has 0 aliphatic carbocycles. The third-order valence-corrected chi connectivity index (χ3v) is 5.82. The van der Waals surface area contributed by atoms with Crippen LogP contribution in [0.4, 0.5) is 40.7 Å². The van der Waals surface area contributed by atoms with E-state index < -0.39 is 30.5 Å². The molecule has 1 saturated heterocycles. The van der Waals surface area contributed by atoms with E-state index in [1.165, 1.54) is 18.2 Å². The lowest BCUT2D eigenvalue weighted by Crippen LogP contribution is -2.39. The number of hydrogen-bond acceptors (Lipinski definition) is 4. The number of carbonyl (C=O) groups is 2. The molecule has 1 aliphatic rings. The van der Waals surface area contributed by atoms with E-state index in [0.29, 0.717) is 42.0 Å². The van der Waals surface area contributed by atoms with Crippen molar-refractivity contribution in [3.63, 3.8) is 0 Å². The maximum absolute atomic E-state index is 13.7. The lowest BCUT2D eigenvalue weighted by Gasteiger charge is -2.37. The van der Waals surface area contributed by atoms with Crippen molar-refractivity contribution in [3.05, 3.63) is 48.0 Å². The fraction of sp³-hybridized carbons (Fsp3) is 0.417. The lowest BCUT2D eigenvalue weighted by molar-refractivity contribution is -0.163. The van der Waals surface area contributed by atoms with Gasteiger partial charge in [-0.1, -0.05) is 19.9 Å². The average molecular weight is 479 g/mol. The van der Waals surface area contributed by atoms with Gasteiger partial charge in [0.05, 0.1) is 23.7 Å². The Morgan fingerprint density at radius 1 is 1.09 bits per heavy atom. The van der Waals surface area contributed by atoms with Crippen molar-refractivity contribution in [2.75, 3.05) is 34.4 Å². The van der Waals surface area contributed by atoms with Crippen LogP contribution in [-0.4, -0.2) is 36.4 Å². The largest absolute Gasteiger partial charge is 0.481 e. The van der Waals surface area contributed by atoms with Gasteiger partial charge < -0.3 is 26.4 Å². The maximum Gasteiger partial charge on any atom is 0.396 e. The molecule has 34 heavy (non-hydrogen) atoms. The molecule has 0 saturated carbocycles. The van der Waals surface area contributed by atoms with E-state index in [9.17, 15) is 22.8 Å². The first-order valence-electron chi connectivity index (χ1n) is 11.0. The third-order valence-electron chi connectivity index (χ3n) is 5.82. The number of benzene rings is 2. The fourth-order valence-electron chi connectivity index (χ4n) is 4.45. The van der Waals surface area contributed by atoms with Gasteiger partial charge in [-0.05, 0) is 60.2 Å². The SMILES string of the molecule is CC1CC(C)CN(c2ccc(C(CC(=O)O)C(F)(F)F)cc2NC(=O)Nc2ccc(N)cc2)C1. The zero-order chi connectivity index (χ0) is 25.0. The molecule has 0 spiro atoms. The maximum atomic E-state index is 13.7. The summed E-state index contributed by atoms with van der Waals surface area (Å²) in [6.07, 6.45) is -4.82. The van der Waals surface area contributed by atoms with Crippen LogP contribution in [0, 0.1) is 11.8 Å². The minimum Gasteiger partial charge on any atom is -0.481 e. The van der Waals surface area contributed by atoms with Gasteiger partial charge >= 0.3 is 18.2 Å². The topological polar surface area (TPSA) is 108 Å². The number of nitrogen functional groups attached to an aromatic ring is 1. The Morgan fingerprint density at radius 2 is 1.71 bits per heavy atom. The van der Waals surface area contributed by atoms with Crippen LogP contribution in [0.15, 0.2) is 42.5 Å². The highest BCUT2D eigenvalue weighted by atomic mass is 19.4. The summed E-state index contributed by atoms with van der Waals surface area (Å²) in [4.78, 5) is 25.8. The van der Waals surface area contributed by atoms with Crippen molar-refractivity contribution in [2.24, 2.45) is 11.8 Å². The number of piperidine rings is 1. The Kier molecular flexibility index (Phi) is 7.58. The van der Waals surface area contributed by atoms with Crippen LogP contribution in [-0.2, 0) is 4.79 Å². The van der Waals surface area contributed by atoms with Crippen molar-refractivity contribution in [1.82, 2.24) is 0 Å². The Hall–Kier alpha value is -3.43. The van der Waals surface area contributed by atoms with E-state index in [1.54, 1.807) is 24.3 Å². The number of anilines is 4. The molecule has 1 heterocycles. The molecule has 3 atom stereocenters. The molecule has 1 aliphatic heterocycles. The summed E-state index contributed by atoms with van der Waals surface area (Å²) in [6, 6.07) is 9.84. The van der Waals surface area contributed by atoms with Gasteiger partial charge in [-0.25, -0.2) is 4.79 Å². The van der Waals surface area contributed by atoms with Gasteiger partial charge in [0.1, 0.15) is 0 Å². The quantitative estimate of drug-likeness (QED) is 0.409. The number of nitrogens with zero attached hydrogens (tertiary/aromatic N) is 1. The van der Waals surface area contributed by atoms with Crippen molar-refractivity contribution in [3.8, 4) is 0 Å². The molecule has 5 N–H and O–H groups in total. The number of carboxylic acid groups (broad SMARTS) is 1. The van der Waals surface area contributed by atoms with Gasteiger partial charge in [0.2, 0.25) is 0 Å². The van der Waals surface area contributed by atoms with Crippen molar-refractivity contribution >= 4 is 34.7 Å². The van der Waals surface area contributed by atoms with Crippen molar-refractivity contribution in [2.45, 2.75) is 38.8 Å². The number of amides is 2. The summed E-state index contributed by atoms with van der Waals surface area (Å²) < 4.78 is 41.0. The van der Waals surface area contributed by atoms with Gasteiger partial charge in [-0.2, -0.15) is 13.2 Å². The molecule has 10 heteroatoms. The number of rotatable bonds is 6. The van der Waals surface area contributed by atoms with Gasteiger partial charge in [-0.3, -0.25) is 4.79 Å². The van der Waals surface area contributed by atoms with Crippen LogP contribution in [0.3, 0.4) is 0 Å². The highest BCUT2D eigenvalue weighted by Crippen LogP contribution is 2.41. The highest BCUT2D eigenvalue weighted by Gasteiger charge is 2.42. The Bertz CT molecular complexity index is 1020. The number of nitrogens with two attached hydrogens (primary N) is 1. The van der Waals surface area contributed by atoms with Gasteiger partial charge in [0, 0.05) is 24.5 Å². The molecule has 2 aromatic carbocycles. The van der Waals surface area contributed by atoms with Crippen molar-refractivity contribution in [1.29, 1.82) is 0 Å². The van der Waals surface area contributed by atoms with E-state index in [1.807, 2.05) is 4.90 Å². The first-order chi connectivity index (χ1) is 15.9. The number of carboxylic acids is 1. The molecular weight excluding hydrogens is 449 g/mol. The van der Waals surface area contributed by atoms with Gasteiger partial charge in [0.25, 0.3) is 0 Å². The van der Waals surface area contributed by atoms with Gasteiger partial charge in [0.15, 0.2) is 0 Å². The van der Waals surface area contributed by atoms with E-state index in [0.717, 1.165) is 6.42 Å². The smallest absolute Gasteiger partial charge is 0.396 e. The van der Waals surface area contributed by atoms with Crippen LogP contribution in [0.25, 0.3) is 0 Å². The minimum atomic E-state index is -4.75. The predicted octanol–water partition coefficient (Wildman–Crippen LogP) is 5.52.